The minimum absolute atomic E-state index is 0.548. The summed E-state index contributed by atoms with van der Waals surface area (Å²) in [5, 5.41) is 6.85. The molecule has 0 spiro atoms. The molecule has 0 aliphatic rings. The lowest BCUT2D eigenvalue weighted by molar-refractivity contribution is 0.197. The second-order valence-electron chi connectivity index (χ2n) is 3.63. The van der Waals surface area contributed by atoms with Crippen molar-refractivity contribution >= 4 is 5.96 Å². The molecule has 0 fully saturated rings. The molecule has 0 aliphatic heterocycles. The molecular formula is C10H20N6O2. The third-order valence-electron chi connectivity index (χ3n) is 2.12. The van der Waals surface area contributed by atoms with Crippen molar-refractivity contribution in [3.63, 3.8) is 0 Å². The van der Waals surface area contributed by atoms with Gasteiger partial charge >= 0.3 is 0 Å². The van der Waals surface area contributed by atoms with Gasteiger partial charge in [0.25, 0.3) is 0 Å². The smallest absolute Gasteiger partial charge is 0.223 e. The predicted molar refractivity (Wildman–Crippen MR) is 66.9 cm³/mol. The minimum atomic E-state index is 0.548. The number of hydrazine groups is 1. The molecule has 0 aliphatic carbocycles. The number of nitrogens with two attached hydrogens (primary N) is 1. The molecule has 0 amide bonds. The molecule has 0 saturated heterocycles. The first-order valence-electron chi connectivity index (χ1n) is 5.79. The first-order valence-corrected chi connectivity index (χ1v) is 5.79. The van der Waals surface area contributed by atoms with Gasteiger partial charge in [0.2, 0.25) is 11.9 Å². The van der Waals surface area contributed by atoms with Crippen LogP contribution < -0.4 is 16.6 Å². The Morgan fingerprint density at radius 1 is 1.56 bits per heavy atom. The van der Waals surface area contributed by atoms with E-state index in [0.29, 0.717) is 43.8 Å². The van der Waals surface area contributed by atoms with Gasteiger partial charge in [0, 0.05) is 40.2 Å². The molecule has 0 bridgehead atoms. The van der Waals surface area contributed by atoms with Crippen molar-refractivity contribution in [1.29, 1.82) is 0 Å². The summed E-state index contributed by atoms with van der Waals surface area (Å²) in [6.45, 7) is 3.73. The molecule has 102 valence electrons. The molecule has 0 atom stereocenters. The monoisotopic (exact) mass is 256 g/mol. The molecule has 0 unspecified atom stereocenters. The maximum absolute atomic E-state index is 5.35. The molecule has 0 aromatic carbocycles. The molecule has 0 saturated carbocycles. The van der Waals surface area contributed by atoms with E-state index in [9.17, 15) is 0 Å². The number of rotatable bonds is 7. The molecule has 1 heterocycles. The molecule has 18 heavy (non-hydrogen) atoms. The summed E-state index contributed by atoms with van der Waals surface area (Å²) >= 11 is 0. The topological polar surface area (TPSA) is 111 Å². The Kier molecular flexibility index (Phi) is 6.74. The Balaban J connectivity index is 2.22. The van der Waals surface area contributed by atoms with Crippen molar-refractivity contribution in [3.8, 4) is 0 Å². The van der Waals surface area contributed by atoms with Crippen LogP contribution in [0.15, 0.2) is 9.52 Å². The van der Waals surface area contributed by atoms with E-state index >= 15 is 0 Å². The van der Waals surface area contributed by atoms with Gasteiger partial charge in [-0.2, -0.15) is 4.98 Å². The number of aromatic nitrogens is 2. The van der Waals surface area contributed by atoms with Gasteiger partial charge in [0.15, 0.2) is 5.82 Å². The highest BCUT2D eigenvalue weighted by Crippen LogP contribution is 1.94. The molecular weight excluding hydrogens is 236 g/mol. The zero-order valence-corrected chi connectivity index (χ0v) is 10.8. The third-order valence-corrected chi connectivity index (χ3v) is 2.12. The molecule has 1 aromatic rings. The summed E-state index contributed by atoms with van der Waals surface area (Å²) in [6, 6.07) is 0. The van der Waals surface area contributed by atoms with Crippen LogP contribution in [0.2, 0.25) is 0 Å². The van der Waals surface area contributed by atoms with Crippen molar-refractivity contribution in [1.82, 2.24) is 20.9 Å². The van der Waals surface area contributed by atoms with E-state index in [-0.39, 0.29) is 0 Å². The van der Waals surface area contributed by atoms with Crippen molar-refractivity contribution in [3.05, 3.63) is 11.7 Å². The lowest BCUT2D eigenvalue weighted by Crippen LogP contribution is -2.42. The molecule has 8 nitrogen and oxygen atoms in total. The summed E-state index contributed by atoms with van der Waals surface area (Å²) in [5.74, 6) is 7.12. The van der Waals surface area contributed by atoms with E-state index < -0.39 is 0 Å². The van der Waals surface area contributed by atoms with Crippen LogP contribution >= 0.6 is 0 Å². The molecule has 1 aromatic heterocycles. The number of guanidine groups is 1. The lowest BCUT2D eigenvalue weighted by Gasteiger charge is -2.07. The Labute approximate surface area is 106 Å². The third kappa shape index (κ3) is 5.60. The Bertz CT molecular complexity index is 365. The van der Waals surface area contributed by atoms with E-state index in [0.717, 1.165) is 6.42 Å². The second kappa shape index (κ2) is 8.43. The van der Waals surface area contributed by atoms with E-state index in [2.05, 4.69) is 25.9 Å². The number of methoxy groups -OCH3 is 1. The highest BCUT2D eigenvalue weighted by molar-refractivity contribution is 5.79. The highest BCUT2D eigenvalue weighted by atomic mass is 16.5. The van der Waals surface area contributed by atoms with Crippen LogP contribution in [-0.4, -0.2) is 42.9 Å². The fourth-order valence-corrected chi connectivity index (χ4v) is 1.29. The lowest BCUT2D eigenvalue weighted by atomic mass is 10.4. The van der Waals surface area contributed by atoms with Crippen molar-refractivity contribution in [2.75, 3.05) is 26.8 Å². The number of hydrogen-bond donors (Lipinski definition) is 3. The Hall–Kier alpha value is -1.67. The van der Waals surface area contributed by atoms with Crippen LogP contribution in [0.4, 0.5) is 0 Å². The van der Waals surface area contributed by atoms with Crippen LogP contribution in [0.5, 0.6) is 0 Å². The fourth-order valence-electron chi connectivity index (χ4n) is 1.29. The SMILES string of the molecule is COCCCN=C(NN)NCCc1noc(C)n1. The summed E-state index contributed by atoms with van der Waals surface area (Å²) in [7, 11) is 1.66. The predicted octanol–water partition coefficient (Wildman–Crippen LogP) is -0.634. The Morgan fingerprint density at radius 3 is 3.00 bits per heavy atom. The van der Waals surface area contributed by atoms with Crippen molar-refractivity contribution in [2.45, 2.75) is 19.8 Å². The van der Waals surface area contributed by atoms with Gasteiger partial charge in [-0.3, -0.25) is 10.4 Å². The van der Waals surface area contributed by atoms with E-state index in [4.69, 9.17) is 15.1 Å². The average molecular weight is 256 g/mol. The van der Waals surface area contributed by atoms with E-state index in [1.54, 1.807) is 14.0 Å². The fraction of sp³-hybridized carbons (Fsp3) is 0.700. The molecule has 0 radical (unpaired) electrons. The van der Waals surface area contributed by atoms with Gasteiger partial charge < -0.3 is 14.6 Å². The zero-order valence-electron chi connectivity index (χ0n) is 10.8. The summed E-state index contributed by atoms with van der Waals surface area (Å²) in [4.78, 5) is 8.34. The molecule has 4 N–H and O–H groups in total. The average Bonchev–Trinajstić information content (AvgIpc) is 2.78. The van der Waals surface area contributed by atoms with Gasteiger partial charge in [-0.05, 0) is 6.42 Å². The quantitative estimate of drug-likeness (QED) is 0.196. The molecule has 8 heteroatoms. The molecule has 1 rings (SSSR count). The van der Waals surface area contributed by atoms with Gasteiger partial charge in [0.1, 0.15) is 0 Å². The number of nitrogens with zero attached hydrogens (tertiary/aromatic N) is 3. The highest BCUT2D eigenvalue weighted by Gasteiger charge is 2.02. The van der Waals surface area contributed by atoms with Gasteiger partial charge in [-0.1, -0.05) is 5.16 Å². The van der Waals surface area contributed by atoms with Crippen molar-refractivity contribution in [2.24, 2.45) is 10.8 Å². The second-order valence-corrected chi connectivity index (χ2v) is 3.63. The zero-order chi connectivity index (χ0) is 13.2. The number of hydrogen-bond acceptors (Lipinski definition) is 6. The first-order chi connectivity index (χ1) is 8.76. The summed E-state index contributed by atoms with van der Waals surface area (Å²) in [5.41, 5.74) is 2.50. The van der Waals surface area contributed by atoms with E-state index in [1.165, 1.54) is 0 Å². The minimum Gasteiger partial charge on any atom is -0.385 e. The van der Waals surface area contributed by atoms with Crippen LogP contribution in [0.3, 0.4) is 0 Å². The standard InChI is InChI=1S/C10H20N6O2/c1-8-14-9(16-18-8)4-6-13-10(15-11)12-5-3-7-17-2/h3-7,11H2,1-2H3,(H2,12,13,15). The number of aryl methyl sites for hydroxylation is 1. The van der Waals surface area contributed by atoms with Crippen LogP contribution in [-0.2, 0) is 11.2 Å². The number of nitrogens with one attached hydrogen (secondary N) is 2. The Morgan fingerprint density at radius 2 is 2.39 bits per heavy atom. The van der Waals surface area contributed by atoms with Gasteiger partial charge in [-0.25, -0.2) is 5.84 Å². The maximum Gasteiger partial charge on any atom is 0.223 e. The van der Waals surface area contributed by atoms with E-state index in [1.807, 2.05) is 0 Å². The van der Waals surface area contributed by atoms with Crippen LogP contribution in [0.1, 0.15) is 18.1 Å². The van der Waals surface area contributed by atoms with Crippen molar-refractivity contribution < 1.29 is 9.26 Å². The normalized spacial score (nSPS) is 11.6. The van der Waals surface area contributed by atoms with Gasteiger partial charge in [-0.15, -0.1) is 0 Å². The van der Waals surface area contributed by atoms with Crippen LogP contribution in [0, 0.1) is 6.92 Å². The summed E-state index contributed by atoms with van der Waals surface area (Å²) in [6.07, 6.45) is 1.50. The number of ether oxygens (including phenoxy) is 1. The van der Waals surface area contributed by atoms with Gasteiger partial charge in [0.05, 0.1) is 0 Å². The van der Waals surface area contributed by atoms with Crippen LogP contribution in [0.25, 0.3) is 0 Å². The first kappa shape index (κ1) is 14.4. The summed E-state index contributed by atoms with van der Waals surface area (Å²) < 4.78 is 9.80. The number of aliphatic imine (C=N–C) groups is 1. The largest absolute Gasteiger partial charge is 0.385 e. The maximum atomic E-state index is 5.35.